The minimum atomic E-state index is 0.906. The van der Waals surface area contributed by atoms with Crippen molar-refractivity contribution < 1.29 is 4.42 Å². The van der Waals surface area contributed by atoms with Crippen molar-refractivity contribution in [3.05, 3.63) is 218 Å². The van der Waals surface area contributed by atoms with Gasteiger partial charge in [0.05, 0.1) is 16.6 Å². The third-order valence-electron chi connectivity index (χ3n) is 13.4. The molecular formula is C60H36N2OS. The van der Waals surface area contributed by atoms with E-state index in [-0.39, 0.29) is 0 Å². The van der Waals surface area contributed by atoms with Crippen molar-refractivity contribution in [2.45, 2.75) is 0 Å². The van der Waals surface area contributed by atoms with E-state index in [0.29, 0.717) is 0 Å². The molecule has 4 heterocycles. The van der Waals surface area contributed by atoms with E-state index in [4.69, 9.17) is 4.42 Å². The topological polar surface area (TPSA) is 20.8 Å². The first-order valence-electron chi connectivity index (χ1n) is 21.8. The zero-order valence-electron chi connectivity index (χ0n) is 34.5. The summed E-state index contributed by atoms with van der Waals surface area (Å²) >= 11 is 1.86. The van der Waals surface area contributed by atoms with Crippen molar-refractivity contribution >= 4 is 109 Å². The van der Waals surface area contributed by atoms with E-state index in [2.05, 4.69) is 216 Å². The number of fused-ring (bicyclic) bond motifs is 12. The highest BCUT2D eigenvalue weighted by atomic mass is 32.1. The molecule has 14 aromatic rings. The number of furan rings is 1. The van der Waals surface area contributed by atoms with Crippen LogP contribution in [0.5, 0.6) is 0 Å². The first-order valence-corrected chi connectivity index (χ1v) is 22.6. The Morgan fingerprint density at radius 2 is 0.875 bits per heavy atom. The Hall–Kier alpha value is -8.18. The van der Waals surface area contributed by atoms with Crippen LogP contribution in [0.25, 0.3) is 114 Å². The van der Waals surface area contributed by atoms with Crippen molar-refractivity contribution in [2.24, 2.45) is 0 Å². The van der Waals surface area contributed by atoms with Gasteiger partial charge >= 0.3 is 0 Å². The number of rotatable bonds is 6. The van der Waals surface area contributed by atoms with E-state index < -0.39 is 0 Å². The van der Waals surface area contributed by atoms with Gasteiger partial charge in [-0.05, 0) is 101 Å². The minimum Gasteiger partial charge on any atom is -0.455 e. The van der Waals surface area contributed by atoms with Crippen LogP contribution in [0.1, 0.15) is 0 Å². The number of benzene rings is 10. The van der Waals surface area contributed by atoms with Gasteiger partial charge in [0.1, 0.15) is 11.2 Å². The van der Waals surface area contributed by atoms with Crippen molar-refractivity contribution in [2.75, 3.05) is 4.90 Å². The maximum absolute atomic E-state index is 6.45. The molecule has 0 amide bonds. The van der Waals surface area contributed by atoms with Crippen LogP contribution < -0.4 is 4.90 Å². The van der Waals surface area contributed by atoms with Crippen molar-refractivity contribution in [1.82, 2.24) is 4.40 Å². The summed E-state index contributed by atoms with van der Waals surface area (Å²) in [7, 11) is 0. The SMILES string of the molecule is c1ccc2c(c1)oc1c(-c3ccc(N(c4ccc(-c5ccc6sc7ccccc7c6c5)cc4)c4ccc(-c5ccc6c7cccc8c9ccccc9n(c6c5)c87)cc4)cc3)cccc12. The fourth-order valence-electron chi connectivity index (χ4n) is 10.3. The number of hydrogen-bond donors (Lipinski definition) is 0. The average Bonchev–Trinajstić information content (AvgIpc) is 4.12. The van der Waals surface area contributed by atoms with Crippen LogP contribution in [0, 0.1) is 0 Å². The molecule has 0 bridgehead atoms. The highest BCUT2D eigenvalue weighted by molar-refractivity contribution is 7.25. The number of nitrogens with zero attached hydrogens (tertiary/aromatic N) is 2. The smallest absolute Gasteiger partial charge is 0.143 e. The third kappa shape index (κ3) is 5.27. The number of aromatic nitrogens is 1. The maximum atomic E-state index is 6.45. The van der Waals surface area contributed by atoms with Gasteiger partial charge in [-0.2, -0.15) is 0 Å². The Kier molecular flexibility index (Phi) is 7.56. The molecule has 0 N–H and O–H groups in total. The summed E-state index contributed by atoms with van der Waals surface area (Å²) in [6.07, 6.45) is 0. The van der Waals surface area contributed by atoms with Crippen LogP contribution in [0.4, 0.5) is 17.1 Å². The van der Waals surface area contributed by atoms with Crippen molar-refractivity contribution in [3.63, 3.8) is 0 Å². The quantitative estimate of drug-likeness (QED) is 0.166. The summed E-state index contributed by atoms with van der Waals surface area (Å²) in [5.41, 5.74) is 15.8. The standard InChI is InChI=1S/C60H36N2OS/c1-4-16-54-46(9-1)50-13-8-14-51-47-33-25-41(36-55(47)62(54)59(50)51)38-21-29-43(30-22-38)61(42-27-19-37(20-28-42)40-26-34-58-53(35-40)49-11-3-6-18-57(49)64-58)44-31-23-39(24-32-44)45-12-7-15-52-48-10-2-5-17-56(48)63-60(45)52/h1-36H. The number of anilines is 3. The zero-order chi connectivity index (χ0) is 41.9. The van der Waals surface area contributed by atoms with Gasteiger partial charge in [0.2, 0.25) is 0 Å². The molecule has 0 radical (unpaired) electrons. The van der Waals surface area contributed by atoms with E-state index in [1.807, 2.05) is 23.5 Å². The largest absolute Gasteiger partial charge is 0.455 e. The Morgan fingerprint density at radius 1 is 0.344 bits per heavy atom. The Balaban J connectivity index is 0.865. The average molecular weight is 833 g/mol. The lowest BCUT2D eigenvalue weighted by Gasteiger charge is -2.26. The summed E-state index contributed by atoms with van der Waals surface area (Å²) in [5.74, 6) is 0. The summed E-state index contributed by atoms with van der Waals surface area (Å²) < 4.78 is 11.5. The van der Waals surface area contributed by atoms with E-state index in [1.165, 1.54) is 80.5 Å². The fourth-order valence-corrected chi connectivity index (χ4v) is 11.4. The second kappa shape index (κ2) is 13.7. The normalized spacial score (nSPS) is 12.1. The molecule has 0 aliphatic rings. The van der Waals surface area contributed by atoms with Gasteiger partial charge in [-0.3, -0.25) is 0 Å². The number of para-hydroxylation sites is 4. The fraction of sp³-hybridized carbons (Fsp3) is 0. The molecule has 0 unspecified atom stereocenters. The maximum Gasteiger partial charge on any atom is 0.143 e. The van der Waals surface area contributed by atoms with E-state index in [0.717, 1.165) is 50.1 Å². The lowest BCUT2D eigenvalue weighted by atomic mass is 10.0. The molecular weight excluding hydrogens is 797 g/mol. The van der Waals surface area contributed by atoms with Crippen LogP contribution in [-0.2, 0) is 0 Å². The number of thiophene rings is 1. The molecule has 0 spiro atoms. The molecule has 0 aliphatic heterocycles. The van der Waals surface area contributed by atoms with Crippen LogP contribution >= 0.6 is 11.3 Å². The first-order chi connectivity index (χ1) is 31.7. The summed E-state index contributed by atoms with van der Waals surface area (Å²) in [4.78, 5) is 2.36. The Bertz CT molecular complexity index is 4120. The summed E-state index contributed by atoms with van der Waals surface area (Å²) in [5, 5.41) is 10.1. The second-order valence-corrected chi connectivity index (χ2v) is 17.9. The van der Waals surface area contributed by atoms with Gasteiger partial charge in [-0.1, -0.05) is 146 Å². The van der Waals surface area contributed by atoms with Crippen molar-refractivity contribution in [1.29, 1.82) is 0 Å². The van der Waals surface area contributed by atoms with Crippen LogP contribution in [-0.4, -0.2) is 4.40 Å². The van der Waals surface area contributed by atoms with Gasteiger partial charge in [-0.25, -0.2) is 0 Å². The van der Waals surface area contributed by atoms with Gasteiger partial charge in [0.25, 0.3) is 0 Å². The zero-order valence-corrected chi connectivity index (χ0v) is 35.3. The first kappa shape index (κ1) is 35.4. The molecule has 0 saturated carbocycles. The molecule has 0 atom stereocenters. The second-order valence-electron chi connectivity index (χ2n) is 16.9. The highest BCUT2D eigenvalue weighted by Gasteiger charge is 2.19. The molecule has 0 fully saturated rings. The minimum absolute atomic E-state index is 0.906. The molecule has 64 heavy (non-hydrogen) atoms. The Labute approximate surface area is 372 Å². The van der Waals surface area contributed by atoms with Crippen LogP contribution in [0.2, 0.25) is 0 Å². The van der Waals surface area contributed by atoms with Crippen molar-refractivity contribution in [3.8, 4) is 33.4 Å². The van der Waals surface area contributed by atoms with Gasteiger partial charge in [0, 0.05) is 75.1 Å². The summed E-state index contributed by atoms with van der Waals surface area (Å²) in [6, 6.07) is 79.7. The monoisotopic (exact) mass is 832 g/mol. The lowest BCUT2D eigenvalue weighted by molar-refractivity contribution is 0.670. The molecule has 0 saturated heterocycles. The van der Waals surface area contributed by atoms with E-state index in [9.17, 15) is 0 Å². The predicted molar refractivity (Wildman–Crippen MR) is 272 cm³/mol. The molecule has 0 aliphatic carbocycles. The van der Waals surface area contributed by atoms with Gasteiger partial charge < -0.3 is 13.7 Å². The number of hydrogen-bond acceptors (Lipinski definition) is 3. The highest BCUT2D eigenvalue weighted by Crippen LogP contribution is 2.43. The van der Waals surface area contributed by atoms with Gasteiger partial charge in [0.15, 0.2) is 0 Å². The van der Waals surface area contributed by atoms with E-state index in [1.54, 1.807) is 0 Å². The molecule has 10 aromatic carbocycles. The predicted octanol–water partition coefficient (Wildman–Crippen LogP) is 17.6. The van der Waals surface area contributed by atoms with Crippen LogP contribution in [0.15, 0.2) is 223 Å². The lowest BCUT2D eigenvalue weighted by Crippen LogP contribution is -2.09. The molecule has 4 aromatic heterocycles. The Morgan fingerprint density at radius 3 is 1.62 bits per heavy atom. The van der Waals surface area contributed by atoms with Crippen LogP contribution in [0.3, 0.4) is 0 Å². The molecule has 298 valence electrons. The third-order valence-corrected chi connectivity index (χ3v) is 14.5. The molecule has 14 rings (SSSR count). The van der Waals surface area contributed by atoms with E-state index >= 15 is 0 Å². The van der Waals surface area contributed by atoms with Gasteiger partial charge in [-0.15, -0.1) is 11.3 Å². The summed E-state index contributed by atoms with van der Waals surface area (Å²) in [6.45, 7) is 0. The molecule has 4 heteroatoms. The molecule has 3 nitrogen and oxygen atoms in total.